The highest BCUT2D eigenvalue weighted by Crippen LogP contribution is 2.36. The van der Waals surface area contributed by atoms with Crippen LogP contribution in [-0.4, -0.2) is 24.6 Å². The van der Waals surface area contributed by atoms with Gasteiger partial charge in [0.15, 0.2) is 6.10 Å². The zero-order valence-corrected chi connectivity index (χ0v) is 12.2. The Bertz CT molecular complexity index is 530. The largest absolute Gasteiger partial charge is 0.480 e. The molecule has 4 nitrogen and oxygen atoms in total. The Kier molecular flexibility index (Phi) is 4.95. The van der Waals surface area contributed by atoms with Crippen molar-refractivity contribution in [2.75, 3.05) is 6.54 Å². The molecule has 22 heavy (non-hydrogen) atoms. The van der Waals surface area contributed by atoms with Gasteiger partial charge in [-0.25, -0.2) is 0 Å². The first kappa shape index (κ1) is 16.6. The maximum Gasteiger partial charge on any atom is 0.419 e. The lowest BCUT2D eigenvalue weighted by molar-refractivity contribution is -0.140. The molecule has 0 heterocycles. The summed E-state index contributed by atoms with van der Waals surface area (Å²) in [6.45, 7) is 1.71. The number of amides is 1. The first-order chi connectivity index (χ1) is 10.3. The van der Waals surface area contributed by atoms with E-state index >= 15 is 0 Å². The number of benzene rings is 1. The molecule has 0 aliphatic heterocycles. The van der Waals surface area contributed by atoms with Gasteiger partial charge in [-0.05, 0) is 37.8 Å². The number of hydrogen-bond donors (Lipinski definition) is 2. The second-order valence-corrected chi connectivity index (χ2v) is 5.50. The van der Waals surface area contributed by atoms with Crippen LogP contribution in [0.3, 0.4) is 0 Å². The van der Waals surface area contributed by atoms with Gasteiger partial charge in [0.1, 0.15) is 5.75 Å². The van der Waals surface area contributed by atoms with E-state index < -0.39 is 23.8 Å². The summed E-state index contributed by atoms with van der Waals surface area (Å²) in [5.41, 5.74) is 4.96. The number of carbonyl (C=O) groups excluding carboxylic acids is 1. The first-order valence-electron chi connectivity index (χ1n) is 7.15. The second kappa shape index (κ2) is 6.56. The molecule has 0 aromatic heterocycles. The van der Waals surface area contributed by atoms with Crippen molar-refractivity contribution in [3.8, 4) is 5.75 Å². The van der Waals surface area contributed by atoms with Crippen LogP contribution in [0.25, 0.3) is 0 Å². The van der Waals surface area contributed by atoms with E-state index in [0.29, 0.717) is 12.5 Å². The predicted octanol–water partition coefficient (Wildman–Crippen LogP) is 2.33. The predicted molar refractivity (Wildman–Crippen MR) is 75.2 cm³/mol. The summed E-state index contributed by atoms with van der Waals surface area (Å²) < 4.78 is 43.7. The SMILES string of the molecule is CC(Oc1ccccc1C(F)(F)F)C(=O)NCC(N)C1CC1. The second-order valence-electron chi connectivity index (χ2n) is 5.50. The maximum absolute atomic E-state index is 12.9. The summed E-state index contributed by atoms with van der Waals surface area (Å²) in [7, 11) is 0. The minimum atomic E-state index is -4.53. The third-order valence-corrected chi connectivity index (χ3v) is 3.60. The van der Waals surface area contributed by atoms with E-state index in [0.717, 1.165) is 18.9 Å². The molecule has 1 aliphatic rings. The lowest BCUT2D eigenvalue weighted by Gasteiger charge is -2.19. The molecule has 1 saturated carbocycles. The fraction of sp³-hybridized carbons (Fsp3) is 0.533. The fourth-order valence-corrected chi connectivity index (χ4v) is 2.10. The van der Waals surface area contributed by atoms with Gasteiger partial charge in [-0.3, -0.25) is 4.79 Å². The molecule has 7 heteroatoms. The number of para-hydroxylation sites is 1. The van der Waals surface area contributed by atoms with E-state index in [2.05, 4.69) is 5.32 Å². The van der Waals surface area contributed by atoms with Crippen molar-refractivity contribution in [3.05, 3.63) is 29.8 Å². The summed E-state index contributed by atoms with van der Waals surface area (Å²) in [5.74, 6) is -0.403. The quantitative estimate of drug-likeness (QED) is 0.846. The molecule has 1 aromatic carbocycles. The van der Waals surface area contributed by atoms with Crippen LogP contribution in [-0.2, 0) is 11.0 Å². The summed E-state index contributed by atoms with van der Waals surface area (Å²) in [5, 5.41) is 2.61. The lowest BCUT2D eigenvalue weighted by atomic mass is 10.2. The van der Waals surface area contributed by atoms with Crippen molar-refractivity contribution in [1.82, 2.24) is 5.32 Å². The number of nitrogens with one attached hydrogen (secondary N) is 1. The molecule has 0 spiro atoms. The van der Waals surface area contributed by atoms with E-state index in [4.69, 9.17) is 10.5 Å². The molecule has 2 rings (SSSR count). The Labute approximate surface area is 126 Å². The van der Waals surface area contributed by atoms with Gasteiger partial charge < -0.3 is 15.8 Å². The van der Waals surface area contributed by atoms with E-state index in [9.17, 15) is 18.0 Å². The van der Waals surface area contributed by atoms with Gasteiger partial charge in [0.25, 0.3) is 5.91 Å². The molecule has 1 aromatic rings. The minimum absolute atomic E-state index is 0.112. The number of rotatable bonds is 6. The Morgan fingerprint density at radius 3 is 2.64 bits per heavy atom. The first-order valence-corrected chi connectivity index (χ1v) is 7.15. The minimum Gasteiger partial charge on any atom is -0.480 e. The number of carbonyl (C=O) groups is 1. The number of nitrogens with two attached hydrogens (primary N) is 1. The smallest absolute Gasteiger partial charge is 0.419 e. The summed E-state index contributed by atoms with van der Waals surface area (Å²) in [4.78, 5) is 11.9. The van der Waals surface area contributed by atoms with Crippen LogP contribution < -0.4 is 15.8 Å². The summed E-state index contributed by atoms with van der Waals surface area (Å²) >= 11 is 0. The summed E-state index contributed by atoms with van der Waals surface area (Å²) in [6.07, 6.45) is -3.44. The Balaban J connectivity index is 1.93. The highest BCUT2D eigenvalue weighted by atomic mass is 19.4. The molecule has 2 unspecified atom stereocenters. The Morgan fingerprint density at radius 2 is 2.05 bits per heavy atom. The van der Waals surface area contributed by atoms with Crippen LogP contribution >= 0.6 is 0 Å². The van der Waals surface area contributed by atoms with Crippen LogP contribution in [0, 0.1) is 5.92 Å². The molecular formula is C15H19F3N2O2. The average molecular weight is 316 g/mol. The Morgan fingerprint density at radius 1 is 1.41 bits per heavy atom. The molecular weight excluding hydrogens is 297 g/mol. The number of ether oxygens (including phenoxy) is 1. The van der Waals surface area contributed by atoms with Gasteiger partial charge >= 0.3 is 6.18 Å². The normalized spacial score (nSPS) is 17.7. The van der Waals surface area contributed by atoms with Gasteiger partial charge in [0, 0.05) is 12.6 Å². The van der Waals surface area contributed by atoms with Crippen molar-refractivity contribution < 1.29 is 22.7 Å². The monoisotopic (exact) mass is 316 g/mol. The summed E-state index contributed by atoms with van der Waals surface area (Å²) in [6, 6.07) is 4.71. The molecule has 1 fully saturated rings. The maximum atomic E-state index is 12.9. The molecule has 1 amide bonds. The van der Waals surface area contributed by atoms with Crippen LogP contribution in [0.2, 0.25) is 0 Å². The van der Waals surface area contributed by atoms with Crippen molar-refractivity contribution in [1.29, 1.82) is 0 Å². The van der Waals surface area contributed by atoms with Gasteiger partial charge in [-0.2, -0.15) is 13.2 Å². The number of alkyl halides is 3. The van der Waals surface area contributed by atoms with Gasteiger partial charge in [-0.1, -0.05) is 12.1 Å². The van der Waals surface area contributed by atoms with Gasteiger partial charge in [0.2, 0.25) is 0 Å². The van der Waals surface area contributed by atoms with Crippen LogP contribution in [0.5, 0.6) is 5.75 Å². The molecule has 2 atom stereocenters. The van der Waals surface area contributed by atoms with Crippen LogP contribution in [0.4, 0.5) is 13.2 Å². The molecule has 0 saturated heterocycles. The highest BCUT2D eigenvalue weighted by Gasteiger charge is 2.35. The fourth-order valence-electron chi connectivity index (χ4n) is 2.10. The van der Waals surface area contributed by atoms with E-state index in [1.54, 1.807) is 0 Å². The van der Waals surface area contributed by atoms with E-state index in [1.807, 2.05) is 0 Å². The van der Waals surface area contributed by atoms with Crippen molar-refractivity contribution in [2.45, 2.75) is 38.1 Å². The molecule has 3 N–H and O–H groups in total. The van der Waals surface area contributed by atoms with E-state index in [1.165, 1.54) is 25.1 Å². The van der Waals surface area contributed by atoms with Gasteiger partial charge in [0.05, 0.1) is 5.56 Å². The molecule has 0 bridgehead atoms. The average Bonchev–Trinajstić information content (AvgIpc) is 3.28. The van der Waals surface area contributed by atoms with Crippen LogP contribution in [0.1, 0.15) is 25.3 Å². The zero-order valence-electron chi connectivity index (χ0n) is 12.2. The third kappa shape index (κ3) is 4.37. The number of hydrogen-bond acceptors (Lipinski definition) is 3. The highest BCUT2D eigenvalue weighted by molar-refractivity contribution is 5.80. The van der Waals surface area contributed by atoms with Gasteiger partial charge in [-0.15, -0.1) is 0 Å². The van der Waals surface area contributed by atoms with Crippen LogP contribution in [0.15, 0.2) is 24.3 Å². The topological polar surface area (TPSA) is 64.3 Å². The molecule has 0 radical (unpaired) electrons. The lowest BCUT2D eigenvalue weighted by Crippen LogP contribution is -2.43. The van der Waals surface area contributed by atoms with E-state index in [-0.39, 0.29) is 11.8 Å². The zero-order chi connectivity index (χ0) is 16.3. The van der Waals surface area contributed by atoms with Crippen molar-refractivity contribution >= 4 is 5.91 Å². The molecule has 1 aliphatic carbocycles. The number of halogens is 3. The third-order valence-electron chi connectivity index (χ3n) is 3.60. The molecule has 122 valence electrons. The Hall–Kier alpha value is -1.76. The van der Waals surface area contributed by atoms with Crippen molar-refractivity contribution in [2.24, 2.45) is 11.7 Å². The standard InChI is InChI=1S/C15H19F3N2O2/c1-9(14(21)20-8-12(19)10-6-7-10)22-13-5-3-2-4-11(13)15(16,17)18/h2-5,9-10,12H,6-8,19H2,1H3,(H,20,21). The van der Waals surface area contributed by atoms with Crippen molar-refractivity contribution in [3.63, 3.8) is 0 Å².